The number of amides is 1. The standard InChI is InChI=1S/C34H40ClN7O/c1-20-17-28(36)30(31(37-3)25-6-4-5-7-27(25)35)32-26(20)18-38-34(41-32)40-29-11-10-23(16-21(29)2)33(43)39-24-12-14-42(15-13-24)19-22-8-9-22/h4-7,10-11,16,18,20,22,24H,8-9,12-15,17,19,36H2,1-3H3,(H,39,43)(H,38,40,41). The smallest absolute Gasteiger partial charge is 0.251 e. The van der Waals surface area contributed by atoms with Gasteiger partial charge in [-0.3, -0.25) is 9.79 Å². The lowest BCUT2D eigenvalue weighted by Crippen LogP contribution is -2.45. The number of rotatable bonds is 8. The number of aliphatic imine (C=N–C) groups is 1. The van der Waals surface area contributed by atoms with Crippen LogP contribution in [0.1, 0.15) is 77.7 Å². The summed E-state index contributed by atoms with van der Waals surface area (Å²) in [5.74, 6) is 1.50. The fourth-order valence-electron chi connectivity index (χ4n) is 6.25. The highest BCUT2D eigenvalue weighted by molar-refractivity contribution is 6.40. The average Bonchev–Trinajstić information content (AvgIpc) is 3.82. The van der Waals surface area contributed by atoms with Crippen molar-refractivity contribution in [1.29, 1.82) is 0 Å². The molecule has 1 aliphatic heterocycles. The number of carbonyl (C=O) groups excluding carboxylic acids is 1. The third-order valence-corrected chi connectivity index (χ3v) is 9.22. The molecule has 2 fully saturated rings. The Morgan fingerprint density at radius 2 is 1.91 bits per heavy atom. The molecular formula is C34H40ClN7O. The van der Waals surface area contributed by atoms with Crippen molar-refractivity contribution in [2.24, 2.45) is 16.6 Å². The molecule has 1 aromatic heterocycles. The fourth-order valence-corrected chi connectivity index (χ4v) is 6.48. The summed E-state index contributed by atoms with van der Waals surface area (Å²) in [6.07, 6.45) is 7.33. The van der Waals surface area contributed by atoms with Crippen LogP contribution < -0.4 is 16.4 Å². The maximum absolute atomic E-state index is 13.1. The van der Waals surface area contributed by atoms with E-state index in [1.54, 1.807) is 7.05 Å². The number of carbonyl (C=O) groups is 1. The van der Waals surface area contributed by atoms with Crippen molar-refractivity contribution in [3.05, 3.63) is 87.3 Å². The van der Waals surface area contributed by atoms with Crippen LogP contribution >= 0.6 is 11.6 Å². The number of hydrogen-bond donors (Lipinski definition) is 3. The van der Waals surface area contributed by atoms with Crippen LogP contribution in [0.15, 0.2) is 59.4 Å². The number of benzene rings is 2. The first-order valence-corrected chi connectivity index (χ1v) is 15.7. The lowest BCUT2D eigenvalue weighted by Gasteiger charge is -2.32. The molecule has 6 rings (SSSR count). The number of aryl methyl sites for hydroxylation is 1. The molecule has 224 valence electrons. The van der Waals surface area contributed by atoms with Gasteiger partial charge < -0.3 is 21.3 Å². The number of fused-ring (bicyclic) bond motifs is 1. The predicted octanol–water partition coefficient (Wildman–Crippen LogP) is 6.08. The molecule has 4 N–H and O–H groups in total. The minimum Gasteiger partial charge on any atom is -0.401 e. The van der Waals surface area contributed by atoms with Crippen LogP contribution in [-0.2, 0) is 0 Å². The third-order valence-electron chi connectivity index (χ3n) is 8.89. The van der Waals surface area contributed by atoms with Gasteiger partial charge in [-0.15, -0.1) is 0 Å². The Kier molecular flexibility index (Phi) is 8.50. The highest BCUT2D eigenvalue weighted by atomic mass is 35.5. The molecule has 0 radical (unpaired) electrons. The van der Waals surface area contributed by atoms with E-state index in [0.717, 1.165) is 71.2 Å². The molecule has 0 bridgehead atoms. The molecule has 1 saturated carbocycles. The van der Waals surface area contributed by atoms with Gasteiger partial charge in [-0.1, -0.05) is 36.7 Å². The summed E-state index contributed by atoms with van der Waals surface area (Å²) in [5, 5.41) is 7.22. The van der Waals surface area contributed by atoms with Gasteiger partial charge in [-0.05, 0) is 80.7 Å². The summed E-state index contributed by atoms with van der Waals surface area (Å²) < 4.78 is 0. The fraction of sp³-hybridized carbons (Fsp3) is 0.412. The molecule has 1 atom stereocenters. The first kappa shape index (κ1) is 29.3. The third kappa shape index (κ3) is 6.45. The van der Waals surface area contributed by atoms with Crippen molar-refractivity contribution >= 4 is 40.4 Å². The number of halogens is 1. The van der Waals surface area contributed by atoms with Crippen molar-refractivity contribution < 1.29 is 4.79 Å². The normalized spacial score (nSPS) is 19.7. The van der Waals surface area contributed by atoms with Crippen LogP contribution in [0.5, 0.6) is 0 Å². The summed E-state index contributed by atoms with van der Waals surface area (Å²) in [5.41, 5.74) is 13.9. The summed E-state index contributed by atoms with van der Waals surface area (Å²) in [6.45, 7) is 7.47. The molecule has 2 aromatic carbocycles. The maximum Gasteiger partial charge on any atom is 0.251 e. The molecule has 1 unspecified atom stereocenters. The van der Waals surface area contributed by atoms with Gasteiger partial charge in [0.05, 0.1) is 11.4 Å². The van der Waals surface area contributed by atoms with Gasteiger partial charge in [0.25, 0.3) is 5.91 Å². The van der Waals surface area contributed by atoms with Gasteiger partial charge in [-0.25, -0.2) is 9.97 Å². The van der Waals surface area contributed by atoms with Crippen molar-refractivity contribution in [1.82, 2.24) is 20.2 Å². The minimum absolute atomic E-state index is 0.0227. The number of piperidine rings is 1. The van der Waals surface area contributed by atoms with Crippen LogP contribution in [0, 0.1) is 12.8 Å². The first-order chi connectivity index (χ1) is 20.8. The van der Waals surface area contributed by atoms with E-state index in [4.69, 9.17) is 22.3 Å². The van der Waals surface area contributed by atoms with E-state index in [0.29, 0.717) is 28.7 Å². The summed E-state index contributed by atoms with van der Waals surface area (Å²) in [4.78, 5) is 29.8. The SMILES string of the molecule is CN=C(C1=C(N)CC(C)c2cnc(Nc3ccc(C(=O)NC4CCN(CC5CC5)CC4)cc3C)nc21)c1ccccc1Cl. The Morgan fingerprint density at radius 1 is 1.14 bits per heavy atom. The summed E-state index contributed by atoms with van der Waals surface area (Å²) in [6, 6.07) is 13.6. The Morgan fingerprint density at radius 3 is 2.60 bits per heavy atom. The Hall–Kier alpha value is -3.75. The van der Waals surface area contributed by atoms with Crippen LogP contribution in [0.3, 0.4) is 0 Å². The van der Waals surface area contributed by atoms with Crippen LogP contribution in [0.25, 0.3) is 5.57 Å². The first-order valence-electron chi connectivity index (χ1n) is 15.3. The molecule has 2 heterocycles. The summed E-state index contributed by atoms with van der Waals surface area (Å²) >= 11 is 6.57. The number of aromatic nitrogens is 2. The summed E-state index contributed by atoms with van der Waals surface area (Å²) in [7, 11) is 1.75. The quantitative estimate of drug-likeness (QED) is 0.272. The number of nitrogens with two attached hydrogens (primary N) is 1. The highest BCUT2D eigenvalue weighted by Gasteiger charge is 2.30. The molecule has 3 aliphatic rings. The topological polar surface area (TPSA) is 109 Å². The van der Waals surface area contributed by atoms with E-state index in [1.165, 1.54) is 19.4 Å². The number of anilines is 2. The zero-order valence-corrected chi connectivity index (χ0v) is 25.9. The molecular weight excluding hydrogens is 558 g/mol. The van der Waals surface area contributed by atoms with E-state index < -0.39 is 0 Å². The lowest BCUT2D eigenvalue weighted by molar-refractivity contribution is 0.0909. The highest BCUT2D eigenvalue weighted by Crippen LogP contribution is 2.39. The van der Waals surface area contributed by atoms with Crippen molar-refractivity contribution in [3.8, 4) is 0 Å². The number of allylic oxidation sites excluding steroid dienone is 2. The average molecular weight is 598 g/mol. The number of likely N-dealkylation sites (tertiary alicyclic amines) is 1. The molecule has 0 spiro atoms. The van der Waals surface area contributed by atoms with Crippen molar-refractivity contribution in [3.63, 3.8) is 0 Å². The van der Waals surface area contributed by atoms with Crippen LogP contribution in [-0.4, -0.2) is 59.2 Å². The Bertz CT molecular complexity index is 1590. The van der Waals surface area contributed by atoms with E-state index in [9.17, 15) is 4.79 Å². The van der Waals surface area contributed by atoms with E-state index in [2.05, 4.69) is 32.4 Å². The minimum atomic E-state index is -0.0227. The molecule has 43 heavy (non-hydrogen) atoms. The van der Waals surface area contributed by atoms with Crippen molar-refractivity contribution in [2.75, 3.05) is 32.0 Å². The maximum atomic E-state index is 13.1. The van der Waals surface area contributed by atoms with Gasteiger partial charge in [0.2, 0.25) is 5.95 Å². The Balaban J connectivity index is 1.18. The van der Waals surface area contributed by atoms with Gasteiger partial charge >= 0.3 is 0 Å². The zero-order chi connectivity index (χ0) is 30.1. The molecule has 9 heteroatoms. The predicted molar refractivity (Wildman–Crippen MR) is 174 cm³/mol. The van der Waals surface area contributed by atoms with E-state index in [1.807, 2.05) is 55.6 Å². The molecule has 8 nitrogen and oxygen atoms in total. The second-order valence-electron chi connectivity index (χ2n) is 12.2. The monoisotopic (exact) mass is 597 g/mol. The molecule has 1 saturated heterocycles. The van der Waals surface area contributed by atoms with Gasteiger partial charge in [0, 0.05) is 77.6 Å². The van der Waals surface area contributed by atoms with Gasteiger partial charge in [0.15, 0.2) is 0 Å². The molecule has 2 aliphatic carbocycles. The number of nitrogens with zero attached hydrogens (tertiary/aromatic N) is 4. The second kappa shape index (κ2) is 12.5. The largest absolute Gasteiger partial charge is 0.401 e. The zero-order valence-electron chi connectivity index (χ0n) is 25.2. The van der Waals surface area contributed by atoms with Crippen LogP contribution in [0.2, 0.25) is 5.02 Å². The van der Waals surface area contributed by atoms with Gasteiger partial charge in [-0.2, -0.15) is 0 Å². The van der Waals surface area contributed by atoms with E-state index in [-0.39, 0.29) is 17.9 Å². The number of hydrogen-bond acceptors (Lipinski definition) is 7. The van der Waals surface area contributed by atoms with Crippen LogP contribution in [0.4, 0.5) is 11.6 Å². The second-order valence-corrected chi connectivity index (χ2v) is 12.6. The number of nitrogens with one attached hydrogen (secondary N) is 2. The molecule has 1 amide bonds. The van der Waals surface area contributed by atoms with E-state index >= 15 is 0 Å². The van der Waals surface area contributed by atoms with Gasteiger partial charge in [0.1, 0.15) is 0 Å². The lowest BCUT2D eigenvalue weighted by atomic mass is 9.83. The Labute approximate surface area is 258 Å². The molecule has 3 aromatic rings. The van der Waals surface area contributed by atoms with Crippen molar-refractivity contribution in [2.45, 2.75) is 57.9 Å².